The van der Waals surface area contributed by atoms with Gasteiger partial charge in [0.05, 0.1) is 24.6 Å². The van der Waals surface area contributed by atoms with E-state index in [1.807, 2.05) is 6.20 Å². The number of aromatic nitrogens is 3. The van der Waals surface area contributed by atoms with Crippen LogP contribution in [0, 0.1) is 0 Å². The fraction of sp³-hybridized carbons (Fsp3) is 0.250. The Morgan fingerprint density at radius 1 is 1.32 bits per heavy atom. The molecule has 22 heavy (non-hydrogen) atoms. The second-order valence-corrected chi connectivity index (χ2v) is 5.50. The summed E-state index contributed by atoms with van der Waals surface area (Å²) in [4.78, 5) is 11.5. The van der Waals surface area contributed by atoms with E-state index in [1.165, 1.54) is 11.9 Å². The van der Waals surface area contributed by atoms with Crippen LogP contribution in [0.1, 0.15) is 5.56 Å². The molecule has 112 valence electrons. The van der Waals surface area contributed by atoms with Gasteiger partial charge in [0.1, 0.15) is 17.8 Å². The minimum Gasteiger partial charge on any atom is -0.383 e. The number of nitrogens with two attached hydrogens (primary N) is 1. The van der Waals surface area contributed by atoms with Crippen molar-refractivity contribution in [3.05, 3.63) is 42.4 Å². The summed E-state index contributed by atoms with van der Waals surface area (Å²) in [5, 5.41) is 4.35. The minimum absolute atomic E-state index is 0.473. The fourth-order valence-corrected chi connectivity index (χ4v) is 2.68. The Bertz CT molecular complexity index is 809. The molecule has 1 fully saturated rings. The monoisotopic (exact) mass is 295 g/mol. The number of rotatable bonds is 4. The first-order valence-corrected chi connectivity index (χ1v) is 7.29. The maximum Gasteiger partial charge on any atom is 0.143 e. The fourth-order valence-electron chi connectivity index (χ4n) is 2.68. The average molecular weight is 295 g/mol. The highest BCUT2D eigenvalue weighted by molar-refractivity contribution is 6.00. The average Bonchev–Trinajstić information content (AvgIpc) is 2.91. The van der Waals surface area contributed by atoms with E-state index in [-0.39, 0.29) is 0 Å². The lowest BCUT2D eigenvalue weighted by atomic mass is 10.0. The lowest BCUT2D eigenvalue weighted by Gasteiger charge is -2.27. The van der Waals surface area contributed by atoms with Crippen molar-refractivity contribution in [2.75, 3.05) is 18.9 Å². The molecule has 0 bridgehead atoms. The van der Waals surface area contributed by atoms with Crippen molar-refractivity contribution in [3.8, 4) is 11.1 Å². The van der Waals surface area contributed by atoms with Gasteiger partial charge in [-0.2, -0.15) is 0 Å². The maximum atomic E-state index is 6.00. The van der Waals surface area contributed by atoms with E-state index >= 15 is 0 Å². The van der Waals surface area contributed by atoms with Crippen LogP contribution < -0.4 is 11.1 Å². The summed E-state index contributed by atoms with van der Waals surface area (Å²) < 4.78 is 5.17. The number of nitrogens with zero attached hydrogens (tertiary/aromatic N) is 2. The van der Waals surface area contributed by atoms with Gasteiger partial charge in [0.15, 0.2) is 0 Å². The first-order valence-electron chi connectivity index (χ1n) is 7.29. The topological polar surface area (TPSA) is 88.9 Å². The third-order valence-corrected chi connectivity index (χ3v) is 3.97. The van der Waals surface area contributed by atoms with E-state index < -0.39 is 0 Å². The number of hydrogen-bond acceptors (Lipinski definition) is 5. The van der Waals surface area contributed by atoms with Gasteiger partial charge in [-0.05, 0) is 17.2 Å². The first kappa shape index (κ1) is 13.2. The number of nitrogens with one attached hydrogen (secondary N) is 2. The molecule has 4 N–H and O–H groups in total. The van der Waals surface area contributed by atoms with Gasteiger partial charge in [0, 0.05) is 18.3 Å². The number of ether oxygens (including phenoxy) is 1. The van der Waals surface area contributed by atoms with Crippen LogP contribution in [-0.4, -0.2) is 34.2 Å². The molecule has 4 rings (SSSR count). The van der Waals surface area contributed by atoms with Crippen LogP contribution in [0.15, 0.2) is 36.8 Å². The Morgan fingerprint density at radius 2 is 2.23 bits per heavy atom. The van der Waals surface area contributed by atoms with Crippen molar-refractivity contribution in [2.45, 2.75) is 12.6 Å². The third kappa shape index (κ3) is 2.32. The molecule has 0 unspecified atom stereocenters. The standard InChI is InChI=1S/C16H17N5O/c17-15-14-13(6-19-16(14)21-9-20-15)11-3-1-2-10(4-11)5-18-12-7-22-8-12/h1-4,6,9,12,18H,5,7-8H2,(H3,17,19,20,21). The van der Waals surface area contributed by atoms with E-state index in [1.54, 1.807) is 0 Å². The zero-order valence-corrected chi connectivity index (χ0v) is 12.0. The largest absolute Gasteiger partial charge is 0.383 e. The predicted molar refractivity (Wildman–Crippen MR) is 85.2 cm³/mol. The SMILES string of the molecule is Nc1ncnc2[nH]cc(-c3cccc(CNC4COC4)c3)c12. The molecular formula is C16H17N5O. The van der Waals surface area contributed by atoms with E-state index in [4.69, 9.17) is 10.5 Å². The zero-order valence-electron chi connectivity index (χ0n) is 12.0. The number of hydrogen-bond donors (Lipinski definition) is 3. The van der Waals surface area contributed by atoms with E-state index in [0.717, 1.165) is 41.9 Å². The smallest absolute Gasteiger partial charge is 0.143 e. The molecule has 6 heteroatoms. The van der Waals surface area contributed by atoms with Crippen LogP contribution >= 0.6 is 0 Å². The second-order valence-electron chi connectivity index (χ2n) is 5.50. The summed E-state index contributed by atoms with van der Waals surface area (Å²) in [6, 6.07) is 8.89. The number of fused-ring (bicyclic) bond motifs is 1. The van der Waals surface area contributed by atoms with Crippen molar-refractivity contribution in [1.82, 2.24) is 20.3 Å². The molecule has 0 aliphatic carbocycles. The van der Waals surface area contributed by atoms with Crippen LogP contribution in [0.4, 0.5) is 5.82 Å². The Balaban J connectivity index is 1.66. The van der Waals surface area contributed by atoms with Crippen LogP contribution in [-0.2, 0) is 11.3 Å². The molecule has 1 saturated heterocycles. The van der Waals surface area contributed by atoms with Gasteiger partial charge in [-0.25, -0.2) is 9.97 Å². The molecule has 0 radical (unpaired) electrons. The molecule has 1 aliphatic rings. The van der Waals surface area contributed by atoms with Crippen LogP contribution in [0.25, 0.3) is 22.2 Å². The van der Waals surface area contributed by atoms with Gasteiger partial charge >= 0.3 is 0 Å². The number of H-pyrrole nitrogens is 1. The van der Waals surface area contributed by atoms with Gasteiger partial charge in [-0.3, -0.25) is 0 Å². The van der Waals surface area contributed by atoms with Crippen molar-refractivity contribution < 1.29 is 4.74 Å². The molecule has 0 saturated carbocycles. The van der Waals surface area contributed by atoms with Crippen molar-refractivity contribution >= 4 is 16.9 Å². The van der Waals surface area contributed by atoms with E-state index in [9.17, 15) is 0 Å². The van der Waals surface area contributed by atoms with Gasteiger partial charge in [-0.15, -0.1) is 0 Å². The van der Waals surface area contributed by atoms with Crippen LogP contribution in [0.3, 0.4) is 0 Å². The Morgan fingerprint density at radius 3 is 3.05 bits per heavy atom. The van der Waals surface area contributed by atoms with E-state index in [0.29, 0.717) is 11.9 Å². The maximum absolute atomic E-state index is 6.00. The first-order chi connectivity index (χ1) is 10.8. The molecule has 0 spiro atoms. The van der Waals surface area contributed by atoms with Crippen LogP contribution in [0.5, 0.6) is 0 Å². The number of anilines is 1. The molecule has 0 amide bonds. The molecule has 3 aromatic rings. The summed E-state index contributed by atoms with van der Waals surface area (Å²) in [6.07, 6.45) is 3.40. The summed E-state index contributed by atoms with van der Waals surface area (Å²) in [5.74, 6) is 0.497. The van der Waals surface area contributed by atoms with Crippen LogP contribution in [0.2, 0.25) is 0 Å². The Labute approximate surface area is 127 Å². The Hall–Kier alpha value is -2.44. The number of nitrogen functional groups attached to an aromatic ring is 1. The van der Waals surface area contributed by atoms with Gasteiger partial charge < -0.3 is 20.8 Å². The van der Waals surface area contributed by atoms with Crippen molar-refractivity contribution in [1.29, 1.82) is 0 Å². The highest BCUT2D eigenvalue weighted by Gasteiger charge is 2.17. The minimum atomic E-state index is 0.473. The van der Waals surface area contributed by atoms with Gasteiger partial charge in [0.25, 0.3) is 0 Å². The number of aromatic amines is 1. The lowest BCUT2D eigenvalue weighted by molar-refractivity contribution is -0.00578. The highest BCUT2D eigenvalue weighted by atomic mass is 16.5. The normalized spacial score (nSPS) is 15.1. The molecule has 1 aromatic carbocycles. The molecule has 3 heterocycles. The quantitative estimate of drug-likeness (QED) is 0.681. The summed E-state index contributed by atoms with van der Waals surface area (Å²) in [6.45, 7) is 2.43. The molecule has 6 nitrogen and oxygen atoms in total. The Kier molecular flexibility index (Phi) is 3.25. The van der Waals surface area contributed by atoms with Gasteiger partial charge in [0.2, 0.25) is 0 Å². The number of benzene rings is 1. The zero-order chi connectivity index (χ0) is 14.9. The predicted octanol–water partition coefficient (Wildman–Crippen LogP) is 1.70. The molecule has 0 atom stereocenters. The molecule has 1 aliphatic heterocycles. The second kappa shape index (κ2) is 5.40. The molecule has 2 aromatic heterocycles. The lowest BCUT2D eigenvalue weighted by Crippen LogP contribution is -2.45. The van der Waals surface area contributed by atoms with Gasteiger partial charge in [-0.1, -0.05) is 18.2 Å². The summed E-state index contributed by atoms with van der Waals surface area (Å²) >= 11 is 0. The van der Waals surface area contributed by atoms with E-state index in [2.05, 4.69) is 44.5 Å². The highest BCUT2D eigenvalue weighted by Crippen LogP contribution is 2.30. The molecular weight excluding hydrogens is 278 g/mol. The van der Waals surface area contributed by atoms with Crippen molar-refractivity contribution in [2.24, 2.45) is 0 Å². The summed E-state index contributed by atoms with van der Waals surface area (Å²) in [5.41, 5.74) is 10.1. The summed E-state index contributed by atoms with van der Waals surface area (Å²) in [7, 11) is 0. The van der Waals surface area contributed by atoms with Crippen molar-refractivity contribution in [3.63, 3.8) is 0 Å². The third-order valence-electron chi connectivity index (χ3n) is 3.97.